The lowest BCUT2D eigenvalue weighted by atomic mass is 10.1. The number of aromatic amines is 1. The van der Waals surface area contributed by atoms with Crippen molar-refractivity contribution in [1.29, 1.82) is 0 Å². The minimum atomic E-state index is -0.769. The quantitative estimate of drug-likeness (QED) is 0.403. The van der Waals surface area contributed by atoms with Gasteiger partial charge in [-0.1, -0.05) is 0 Å². The molecule has 2 rings (SSSR count). The lowest BCUT2D eigenvalue weighted by molar-refractivity contribution is -0.385. The number of phenols is 2. The number of imidazole rings is 1. The molecule has 1 aromatic carbocycles. The fourth-order valence-electron chi connectivity index (χ4n) is 1.31. The van der Waals surface area contributed by atoms with Gasteiger partial charge in [0.2, 0.25) is 5.75 Å². The van der Waals surface area contributed by atoms with Crippen molar-refractivity contribution in [3.05, 3.63) is 34.8 Å². The molecule has 0 saturated heterocycles. The van der Waals surface area contributed by atoms with Crippen LogP contribution in [0.3, 0.4) is 0 Å². The van der Waals surface area contributed by atoms with Crippen LogP contribution in [-0.2, 0) is 0 Å². The third kappa shape index (κ3) is 1.54. The van der Waals surface area contributed by atoms with Gasteiger partial charge in [-0.3, -0.25) is 10.1 Å². The maximum absolute atomic E-state index is 10.6. The summed E-state index contributed by atoms with van der Waals surface area (Å²) in [7, 11) is 0. The van der Waals surface area contributed by atoms with Crippen molar-refractivity contribution in [2.45, 2.75) is 0 Å². The van der Waals surface area contributed by atoms with Gasteiger partial charge in [0.05, 0.1) is 23.1 Å². The molecular weight excluding hydrogens is 214 g/mol. The number of rotatable bonds is 2. The topological polar surface area (TPSA) is 112 Å². The monoisotopic (exact) mass is 221 g/mol. The predicted molar refractivity (Wildman–Crippen MR) is 54.0 cm³/mol. The van der Waals surface area contributed by atoms with Crippen LogP contribution in [0.15, 0.2) is 24.7 Å². The molecule has 2 aromatic rings. The molecule has 1 aromatic heterocycles. The van der Waals surface area contributed by atoms with Crippen LogP contribution in [0.1, 0.15) is 0 Å². The van der Waals surface area contributed by atoms with E-state index in [0.717, 1.165) is 6.07 Å². The van der Waals surface area contributed by atoms with Gasteiger partial charge >= 0.3 is 5.69 Å². The van der Waals surface area contributed by atoms with Crippen LogP contribution in [0.4, 0.5) is 5.69 Å². The lowest BCUT2D eigenvalue weighted by Crippen LogP contribution is -1.90. The molecule has 0 amide bonds. The van der Waals surface area contributed by atoms with Crippen molar-refractivity contribution < 1.29 is 15.1 Å². The Morgan fingerprint density at radius 3 is 2.69 bits per heavy atom. The van der Waals surface area contributed by atoms with Gasteiger partial charge in [-0.25, -0.2) is 4.98 Å². The molecule has 0 radical (unpaired) electrons. The Bertz CT molecular complexity index is 536. The molecule has 0 fully saturated rings. The van der Waals surface area contributed by atoms with E-state index in [1.165, 1.54) is 18.6 Å². The Morgan fingerprint density at radius 2 is 2.12 bits per heavy atom. The first-order valence-corrected chi connectivity index (χ1v) is 4.28. The van der Waals surface area contributed by atoms with Gasteiger partial charge in [-0.2, -0.15) is 0 Å². The maximum atomic E-state index is 10.6. The van der Waals surface area contributed by atoms with E-state index in [2.05, 4.69) is 9.97 Å². The normalized spacial score (nSPS) is 10.2. The number of nitro groups is 1. The van der Waals surface area contributed by atoms with Crippen LogP contribution in [-0.4, -0.2) is 25.1 Å². The number of hydrogen-bond acceptors (Lipinski definition) is 5. The Hall–Kier alpha value is -2.57. The van der Waals surface area contributed by atoms with E-state index in [-0.39, 0.29) is 0 Å². The first-order valence-electron chi connectivity index (χ1n) is 4.28. The molecule has 3 N–H and O–H groups in total. The number of hydrogen-bond donors (Lipinski definition) is 3. The average Bonchev–Trinajstić information content (AvgIpc) is 2.74. The number of nitrogens with zero attached hydrogens (tertiary/aromatic N) is 2. The molecule has 16 heavy (non-hydrogen) atoms. The number of aromatic nitrogens is 2. The lowest BCUT2D eigenvalue weighted by Gasteiger charge is -2.02. The van der Waals surface area contributed by atoms with Crippen LogP contribution in [0.25, 0.3) is 11.3 Å². The zero-order chi connectivity index (χ0) is 11.7. The molecule has 0 unspecified atom stereocenters. The zero-order valence-electron chi connectivity index (χ0n) is 7.91. The summed E-state index contributed by atoms with van der Waals surface area (Å²) in [4.78, 5) is 16.3. The van der Waals surface area contributed by atoms with Gasteiger partial charge < -0.3 is 15.2 Å². The Balaban J connectivity index is 2.62. The van der Waals surface area contributed by atoms with E-state index in [4.69, 9.17) is 0 Å². The number of aromatic hydroxyl groups is 2. The van der Waals surface area contributed by atoms with E-state index >= 15 is 0 Å². The zero-order valence-corrected chi connectivity index (χ0v) is 7.91. The molecule has 82 valence electrons. The highest BCUT2D eigenvalue weighted by atomic mass is 16.6. The number of benzene rings is 1. The highest BCUT2D eigenvalue weighted by Crippen LogP contribution is 2.38. The number of nitro benzene ring substituents is 1. The maximum Gasteiger partial charge on any atom is 0.315 e. The first kappa shape index (κ1) is 9.97. The molecule has 0 atom stereocenters. The van der Waals surface area contributed by atoms with Crippen LogP contribution in [0, 0.1) is 10.1 Å². The molecule has 0 bridgehead atoms. The Labute approximate surface area is 89.2 Å². The standard InChI is InChI=1S/C9H7N3O4/c13-8-2-5(6-3-10-4-11-6)1-7(9(8)14)12(15)16/h1-4,13-14H,(H,10,11). The Kier molecular flexibility index (Phi) is 2.20. The second-order valence-corrected chi connectivity index (χ2v) is 3.09. The molecule has 7 nitrogen and oxygen atoms in total. The second kappa shape index (κ2) is 3.54. The van der Waals surface area contributed by atoms with Gasteiger partial charge in [0.1, 0.15) is 0 Å². The van der Waals surface area contributed by atoms with Crippen LogP contribution in [0.2, 0.25) is 0 Å². The number of nitrogens with one attached hydrogen (secondary N) is 1. The highest BCUT2D eigenvalue weighted by molar-refractivity contribution is 5.69. The van der Waals surface area contributed by atoms with Gasteiger partial charge in [0.15, 0.2) is 5.75 Å². The van der Waals surface area contributed by atoms with Crippen LogP contribution < -0.4 is 0 Å². The summed E-state index contributed by atoms with van der Waals surface area (Å²) in [5, 5.41) is 29.2. The minimum Gasteiger partial charge on any atom is -0.504 e. The largest absolute Gasteiger partial charge is 0.504 e. The summed E-state index contributed by atoms with van der Waals surface area (Å²) >= 11 is 0. The molecular formula is C9H7N3O4. The van der Waals surface area contributed by atoms with E-state index < -0.39 is 22.1 Å². The van der Waals surface area contributed by atoms with Crippen molar-refractivity contribution in [2.75, 3.05) is 0 Å². The van der Waals surface area contributed by atoms with Crippen molar-refractivity contribution in [3.8, 4) is 22.8 Å². The summed E-state index contributed by atoms with van der Waals surface area (Å²) in [6.45, 7) is 0. The molecule has 1 heterocycles. The molecule has 7 heteroatoms. The van der Waals surface area contributed by atoms with Crippen LogP contribution in [0.5, 0.6) is 11.5 Å². The van der Waals surface area contributed by atoms with Gasteiger partial charge in [0.25, 0.3) is 0 Å². The summed E-state index contributed by atoms with van der Waals surface area (Å²) in [5.74, 6) is -1.29. The van der Waals surface area contributed by atoms with E-state index in [1.54, 1.807) is 0 Å². The fourth-order valence-corrected chi connectivity index (χ4v) is 1.31. The molecule has 0 aliphatic carbocycles. The molecule has 0 aliphatic heterocycles. The Morgan fingerprint density at radius 1 is 1.38 bits per heavy atom. The average molecular weight is 221 g/mol. The van der Waals surface area contributed by atoms with Crippen molar-refractivity contribution in [1.82, 2.24) is 9.97 Å². The summed E-state index contributed by atoms with van der Waals surface area (Å²) < 4.78 is 0. The first-order chi connectivity index (χ1) is 7.59. The third-order valence-electron chi connectivity index (χ3n) is 2.08. The SMILES string of the molecule is O=[N+]([O-])c1cc(-c2cnc[nH]2)cc(O)c1O. The smallest absolute Gasteiger partial charge is 0.315 e. The third-order valence-corrected chi connectivity index (χ3v) is 2.08. The van der Waals surface area contributed by atoms with Crippen molar-refractivity contribution in [2.24, 2.45) is 0 Å². The van der Waals surface area contributed by atoms with E-state index in [9.17, 15) is 20.3 Å². The van der Waals surface area contributed by atoms with Crippen LogP contribution >= 0.6 is 0 Å². The number of H-pyrrole nitrogens is 1. The summed E-state index contributed by atoms with van der Waals surface area (Å²) in [6.07, 6.45) is 2.86. The van der Waals surface area contributed by atoms with Gasteiger partial charge in [-0.05, 0) is 6.07 Å². The van der Waals surface area contributed by atoms with Crippen molar-refractivity contribution in [3.63, 3.8) is 0 Å². The van der Waals surface area contributed by atoms with Gasteiger partial charge in [-0.15, -0.1) is 0 Å². The van der Waals surface area contributed by atoms with E-state index in [1.807, 2.05) is 0 Å². The molecule has 0 aliphatic rings. The van der Waals surface area contributed by atoms with Crippen molar-refractivity contribution >= 4 is 5.69 Å². The van der Waals surface area contributed by atoms with E-state index in [0.29, 0.717) is 11.3 Å². The highest BCUT2D eigenvalue weighted by Gasteiger charge is 2.19. The number of phenolic OH excluding ortho intramolecular Hbond substituents is 2. The van der Waals surface area contributed by atoms with Gasteiger partial charge in [0, 0.05) is 11.6 Å². The molecule has 0 spiro atoms. The second-order valence-electron chi connectivity index (χ2n) is 3.09. The fraction of sp³-hybridized carbons (Fsp3) is 0. The summed E-state index contributed by atoms with van der Waals surface area (Å²) in [5.41, 5.74) is 0.336. The minimum absolute atomic E-state index is 0.375. The molecule has 0 saturated carbocycles. The predicted octanol–water partition coefficient (Wildman–Crippen LogP) is 1.40. The summed E-state index contributed by atoms with van der Waals surface area (Å²) in [6, 6.07) is 2.37.